The van der Waals surface area contributed by atoms with E-state index in [1.807, 2.05) is 36.4 Å². The van der Waals surface area contributed by atoms with Crippen LogP contribution in [0.4, 0.5) is 0 Å². The quantitative estimate of drug-likeness (QED) is 0.0953. The minimum absolute atomic E-state index is 0. The number of benzene rings is 2. The van der Waals surface area contributed by atoms with Crippen molar-refractivity contribution in [1.82, 2.24) is 9.97 Å². The number of Topliss-reactive ketones (excluding diaryl/α,β-unsaturated/α-hetero) is 1. The van der Waals surface area contributed by atoms with Crippen LogP contribution in [-0.4, -0.2) is 76.3 Å². The summed E-state index contributed by atoms with van der Waals surface area (Å²) in [5, 5.41) is 23.1. The maximum Gasteiger partial charge on any atom is 1.00 e. The molecule has 5 N–H and O–H groups in total. The molecule has 18 heteroatoms. The van der Waals surface area contributed by atoms with E-state index in [-0.39, 0.29) is 72.6 Å². The van der Waals surface area contributed by atoms with Gasteiger partial charge >= 0.3 is 41.5 Å². The van der Waals surface area contributed by atoms with Gasteiger partial charge in [0.25, 0.3) is 5.97 Å². The fourth-order valence-corrected chi connectivity index (χ4v) is 3.11. The summed E-state index contributed by atoms with van der Waals surface area (Å²) in [6.45, 7) is 4.23. The molecule has 0 spiro atoms. The number of aliphatic carboxylic acids is 2. The van der Waals surface area contributed by atoms with Crippen molar-refractivity contribution in [3.8, 4) is 11.3 Å². The van der Waals surface area contributed by atoms with Gasteiger partial charge in [0.1, 0.15) is 0 Å². The van der Waals surface area contributed by atoms with Gasteiger partial charge in [-0.2, -0.15) is 0 Å². The van der Waals surface area contributed by atoms with Crippen LogP contribution in [0.25, 0.3) is 11.3 Å². The van der Waals surface area contributed by atoms with E-state index in [1.54, 1.807) is 31.5 Å². The van der Waals surface area contributed by atoms with Crippen molar-refractivity contribution in [2.45, 2.75) is 28.2 Å². The van der Waals surface area contributed by atoms with Gasteiger partial charge in [-0.3, -0.25) is 15.0 Å². The van der Waals surface area contributed by atoms with Gasteiger partial charge in [-0.1, -0.05) is 63.6 Å². The second kappa shape index (κ2) is 32.0. The summed E-state index contributed by atoms with van der Waals surface area (Å²) >= 11 is 7.71. The van der Waals surface area contributed by atoms with Crippen molar-refractivity contribution in [2.75, 3.05) is 26.5 Å². The van der Waals surface area contributed by atoms with E-state index in [1.165, 1.54) is 7.11 Å². The summed E-state index contributed by atoms with van der Waals surface area (Å²) in [6, 6.07) is 14.9. The van der Waals surface area contributed by atoms with Gasteiger partial charge in [0.2, 0.25) is 5.82 Å². The van der Waals surface area contributed by atoms with Crippen molar-refractivity contribution in [3.63, 3.8) is 0 Å². The maximum absolute atomic E-state index is 11.4. The van der Waals surface area contributed by atoms with Gasteiger partial charge in [0.15, 0.2) is 10.8 Å². The van der Waals surface area contributed by atoms with E-state index in [0.717, 1.165) is 45.8 Å². The number of imidazole rings is 1. The maximum atomic E-state index is 11.4. The van der Waals surface area contributed by atoms with Gasteiger partial charge < -0.3 is 35.2 Å². The SMILES string of the molecule is C.CC(=O)O.CC(=O)[O-].CCOC(=O)c1ncc(-c2ccc(Br)cc2)[nH]1.COC(=O)C(=N)SC.Cl.NCC(=O)c1ccc(Br)cc1.[Na+]. The first-order chi connectivity index (χ1) is 20.6. The molecular weight excluding hydrogens is 799 g/mol. The van der Waals surface area contributed by atoms with Crippen LogP contribution in [0.2, 0.25) is 0 Å². The van der Waals surface area contributed by atoms with Crippen LogP contribution < -0.4 is 40.4 Å². The molecule has 3 rings (SSSR count). The molecule has 0 fully saturated rings. The second-order valence-electron chi connectivity index (χ2n) is 7.54. The molecule has 0 atom stereocenters. The minimum Gasteiger partial charge on any atom is -0.550 e. The number of nitrogens with zero attached hydrogens (tertiary/aromatic N) is 1. The largest absolute Gasteiger partial charge is 1.00 e. The number of aromatic nitrogens is 2. The third kappa shape index (κ3) is 28.2. The Hall–Kier alpha value is -2.57. The monoisotopic (exact) mass is 834 g/mol. The van der Waals surface area contributed by atoms with Crippen LogP contribution >= 0.6 is 56.0 Å². The number of thioether (sulfide) groups is 1. The Morgan fingerprint density at radius 1 is 1.02 bits per heavy atom. The molecule has 0 saturated heterocycles. The van der Waals surface area contributed by atoms with Gasteiger partial charge in [0, 0.05) is 27.4 Å². The molecule has 256 valence electrons. The van der Waals surface area contributed by atoms with Crippen LogP contribution in [0, 0.1) is 5.41 Å². The zero-order valence-corrected chi connectivity index (χ0v) is 32.7. The number of nitrogens with one attached hydrogen (secondary N) is 2. The van der Waals surface area contributed by atoms with E-state index >= 15 is 0 Å². The van der Waals surface area contributed by atoms with E-state index < -0.39 is 23.9 Å². The summed E-state index contributed by atoms with van der Waals surface area (Å²) in [5.41, 5.74) is 7.60. The third-order valence-corrected chi connectivity index (χ3v) is 5.76. The second-order valence-corrected chi connectivity index (χ2v) is 10.2. The normalized spacial score (nSPS) is 8.43. The molecule has 0 amide bonds. The average molecular weight is 837 g/mol. The predicted molar refractivity (Wildman–Crippen MR) is 186 cm³/mol. The van der Waals surface area contributed by atoms with E-state index in [4.69, 9.17) is 35.7 Å². The number of methoxy groups -OCH3 is 1. The number of carboxylic acids is 2. The van der Waals surface area contributed by atoms with Gasteiger partial charge in [-0.25, -0.2) is 14.6 Å². The molecule has 0 bridgehead atoms. The number of ketones is 1. The zero-order valence-electron chi connectivity index (χ0n) is 25.9. The van der Waals surface area contributed by atoms with Crippen molar-refractivity contribution < 1.29 is 73.2 Å². The average Bonchev–Trinajstić information content (AvgIpc) is 3.47. The van der Waals surface area contributed by atoms with Crippen molar-refractivity contribution in [1.29, 1.82) is 5.41 Å². The Bertz CT molecular complexity index is 1330. The van der Waals surface area contributed by atoms with Gasteiger partial charge in [-0.15, -0.1) is 24.2 Å². The Balaban J connectivity index is -0.000000171. The van der Waals surface area contributed by atoms with Crippen LogP contribution in [0.15, 0.2) is 63.7 Å². The molecule has 0 aliphatic rings. The molecule has 0 unspecified atom stereocenters. The standard InChI is InChI=1S/C12H11BrN2O2.C8H8BrNO.C4H7NO2S.2C2H4O2.CH4.ClH.Na/c1-2-17-12(16)11-14-7-10(15-11)8-3-5-9(13)6-4-8;9-7-3-1-6(2-4-7)8(11)5-10;1-7-4(6)3(5)8-2;2*1-2(3)4;;;/h3-7H,2H2,1H3,(H,14,15);1-4H,5,10H2;5H,1-2H3;2*1H3,(H,3,4);1H4;1H;/q;;;;;;;+1/p-1. The molecule has 13 nitrogen and oxygen atoms in total. The zero-order chi connectivity index (χ0) is 34.2. The van der Waals surface area contributed by atoms with Gasteiger partial charge in [-0.05, 0) is 49.9 Å². The number of carbonyl (C=O) groups excluding carboxylic acids is 4. The summed E-state index contributed by atoms with van der Waals surface area (Å²) in [7, 11) is 1.26. The molecule has 1 heterocycles. The Morgan fingerprint density at radius 2 is 1.45 bits per heavy atom. The van der Waals surface area contributed by atoms with Crippen molar-refractivity contribution >= 4 is 90.7 Å². The minimum atomic E-state index is -1.08. The number of hydrogen-bond donors (Lipinski definition) is 4. The number of ether oxygens (including phenoxy) is 2. The van der Waals surface area contributed by atoms with Crippen molar-refractivity contribution in [3.05, 3.63) is 75.1 Å². The third-order valence-electron chi connectivity index (χ3n) is 4.13. The number of esters is 2. The molecule has 1 aromatic heterocycles. The number of carboxylic acid groups (broad SMARTS) is 2. The first-order valence-corrected chi connectivity index (χ1v) is 15.0. The number of halogens is 3. The van der Waals surface area contributed by atoms with E-state index in [0.29, 0.717) is 12.2 Å². The van der Waals surface area contributed by atoms with Gasteiger partial charge in [0.05, 0.1) is 32.2 Å². The summed E-state index contributed by atoms with van der Waals surface area (Å²) < 4.78 is 11.0. The Morgan fingerprint density at radius 3 is 1.79 bits per heavy atom. The summed E-state index contributed by atoms with van der Waals surface area (Å²) in [6.07, 6.45) is 3.27. The molecule has 2 aromatic carbocycles. The van der Waals surface area contributed by atoms with Crippen LogP contribution in [0.3, 0.4) is 0 Å². The topological polar surface area (TPSA) is 226 Å². The fourth-order valence-electron chi connectivity index (χ4n) is 2.33. The van der Waals surface area contributed by atoms with Crippen molar-refractivity contribution in [2.24, 2.45) is 5.73 Å². The van der Waals surface area contributed by atoms with Crippen LogP contribution in [-0.2, 0) is 23.9 Å². The molecule has 47 heavy (non-hydrogen) atoms. The first kappa shape index (κ1) is 53.9. The Labute approximate surface area is 323 Å². The van der Waals surface area contributed by atoms with Crippen LogP contribution in [0.5, 0.6) is 0 Å². The first-order valence-electron chi connectivity index (χ1n) is 12.2. The number of rotatable bonds is 5. The summed E-state index contributed by atoms with van der Waals surface area (Å²) in [5.74, 6) is -2.73. The Kier molecular flexibility index (Phi) is 36.7. The van der Waals surface area contributed by atoms with Crippen LogP contribution in [0.1, 0.15) is 49.2 Å². The number of H-pyrrole nitrogens is 1. The molecular formula is C29H38Br2ClN4NaO9S. The molecule has 0 aliphatic carbocycles. The fraction of sp³-hybridized carbons (Fsp3) is 0.276. The number of nitrogens with two attached hydrogens (primary N) is 1. The van der Waals surface area contributed by atoms with E-state index in [2.05, 4.69) is 46.6 Å². The number of carbonyl (C=O) groups is 5. The molecule has 0 saturated carbocycles. The predicted octanol–water partition coefficient (Wildman–Crippen LogP) is 2.02. The van der Waals surface area contributed by atoms with E-state index in [9.17, 15) is 14.4 Å². The summed E-state index contributed by atoms with van der Waals surface area (Å²) in [4.78, 5) is 57.5. The smallest absolute Gasteiger partial charge is 0.550 e. The molecule has 0 aliphatic heterocycles. The molecule has 3 aromatic rings. The number of aromatic amines is 1. The number of hydrogen-bond acceptors (Lipinski definition) is 12. The molecule has 0 radical (unpaired) electrons.